The monoisotopic (exact) mass is 190 g/mol. The standard InChI is InChI=1S/C12H14O2/c1-8(13)10-7-6-9-4-2-3-5-11(9)12(10)14/h2-5,10,12,14H,6-7H2,1H3/t10-,12+/m1/s1. The highest BCUT2D eigenvalue weighted by atomic mass is 16.3. The maximum absolute atomic E-state index is 11.3. The predicted octanol–water partition coefficient (Wildman–Crippen LogP) is 1.87. The van der Waals surface area contributed by atoms with Crippen molar-refractivity contribution < 1.29 is 9.90 Å². The largest absolute Gasteiger partial charge is 0.388 e. The third-order valence-corrected chi connectivity index (χ3v) is 3.00. The summed E-state index contributed by atoms with van der Waals surface area (Å²) in [7, 11) is 0. The van der Waals surface area contributed by atoms with E-state index in [4.69, 9.17) is 0 Å². The van der Waals surface area contributed by atoms with Gasteiger partial charge in [0, 0.05) is 5.92 Å². The van der Waals surface area contributed by atoms with Gasteiger partial charge < -0.3 is 5.11 Å². The van der Waals surface area contributed by atoms with E-state index in [1.165, 1.54) is 5.56 Å². The fourth-order valence-corrected chi connectivity index (χ4v) is 2.16. The third kappa shape index (κ3) is 1.46. The number of ketones is 1. The molecule has 1 aromatic rings. The number of Topliss-reactive ketones (excluding diaryl/α,β-unsaturated/α-hetero) is 1. The zero-order valence-electron chi connectivity index (χ0n) is 8.23. The molecule has 14 heavy (non-hydrogen) atoms. The molecule has 0 heterocycles. The summed E-state index contributed by atoms with van der Waals surface area (Å²) in [6.07, 6.45) is 1.07. The van der Waals surface area contributed by atoms with Crippen LogP contribution in [0.4, 0.5) is 0 Å². The van der Waals surface area contributed by atoms with Gasteiger partial charge in [0.05, 0.1) is 6.10 Å². The quantitative estimate of drug-likeness (QED) is 0.734. The minimum absolute atomic E-state index is 0.0898. The van der Waals surface area contributed by atoms with Crippen LogP contribution in [-0.4, -0.2) is 10.9 Å². The van der Waals surface area contributed by atoms with Crippen LogP contribution in [0.25, 0.3) is 0 Å². The molecule has 0 aromatic heterocycles. The van der Waals surface area contributed by atoms with Crippen LogP contribution in [0.5, 0.6) is 0 Å². The first-order valence-corrected chi connectivity index (χ1v) is 4.96. The van der Waals surface area contributed by atoms with Gasteiger partial charge in [-0.15, -0.1) is 0 Å². The number of aliphatic hydroxyl groups is 1. The van der Waals surface area contributed by atoms with Crippen molar-refractivity contribution in [3.63, 3.8) is 0 Å². The predicted molar refractivity (Wildman–Crippen MR) is 53.9 cm³/mol. The van der Waals surface area contributed by atoms with E-state index in [9.17, 15) is 9.90 Å². The average Bonchev–Trinajstić information content (AvgIpc) is 2.18. The summed E-state index contributed by atoms with van der Waals surface area (Å²) < 4.78 is 0. The maximum Gasteiger partial charge on any atom is 0.135 e. The lowest BCUT2D eigenvalue weighted by Gasteiger charge is -2.28. The Kier molecular flexibility index (Phi) is 2.38. The van der Waals surface area contributed by atoms with E-state index in [-0.39, 0.29) is 11.7 Å². The lowest BCUT2D eigenvalue weighted by atomic mass is 9.80. The molecule has 2 rings (SSSR count). The molecule has 0 unspecified atom stereocenters. The van der Waals surface area contributed by atoms with Crippen LogP contribution in [0, 0.1) is 5.92 Å². The summed E-state index contributed by atoms with van der Waals surface area (Å²) in [6, 6.07) is 7.81. The van der Waals surface area contributed by atoms with Crippen LogP contribution in [0.1, 0.15) is 30.6 Å². The smallest absolute Gasteiger partial charge is 0.135 e. The van der Waals surface area contributed by atoms with Crippen molar-refractivity contribution in [1.82, 2.24) is 0 Å². The molecule has 0 saturated carbocycles. The van der Waals surface area contributed by atoms with Crippen molar-refractivity contribution in [1.29, 1.82) is 0 Å². The van der Waals surface area contributed by atoms with Gasteiger partial charge in [0.2, 0.25) is 0 Å². The summed E-state index contributed by atoms with van der Waals surface area (Å²) in [5, 5.41) is 9.97. The Morgan fingerprint density at radius 2 is 2.14 bits per heavy atom. The molecule has 74 valence electrons. The van der Waals surface area contributed by atoms with E-state index in [2.05, 4.69) is 0 Å². The number of fused-ring (bicyclic) bond motifs is 1. The highest BCUT2D eigenvalue weighted by molar-refractivity contribution is 5.79. The molecular formula is C12H14O2. The Balaban J connectivity index is 2.36. The van der Waals surface area contributed by atoms with Crippen LogP contribution in [0.2, 0.25) is 0 Å². The number of benzene rings is 1. The van der Waals surface area contributed by atoms with Crippen molar-refractivity contribution in [2.75, 3.05) is 0 Å². The summed E-state index contributed by atoms with van der Waals surface area (Å²) in [5.41, 5.74) is 2.11. The summed E-state index contributed by atoms with van der Waals surface area (Å²) in [6.45, 7) is 1.56. The van der Waals surface area contributed by atoms with E-state index in [1.807, 2.05) is 24.3 Å². The number of aryl methyl sites for hydroxylation is 1. The summed E-state index contributed by atoms with van der Waals surface area (Å²) in [4.78, 5) is 11.3. The Hall–Kier alpha value is -1.15. The zero-order valence-corrected chi connectivity index (χ0v) is 8.23. The van der Waals surface area contributed by atoms with E-state index < -0.39 is 6.10 Å². The second-order valence-corrected chi connectivity index (χ2v) is 3.90. The van der Waals surface area contributed by atoms with Gasteiger partial charge in [0.15, 0.2) is 0 Å². The highest BCUT2D eigenvalue weighted by Gasteiger charge is 2.30. The maximum atomic E-state index is 11.3. The van der Waals surface area contributed by atoms with Crippen molar-refractivity contribution in [3.05, 3.63) is 35.4 Å². The van der Waals surface area contributed by atoms with Gasteiger partial charge in [0.1, 0.15) is 5.78 Å². The first-order chi connectivity index (χ1) is 6.70. The van der Waals surface area contributed by atoms with Crippen LogP contribution in [-0.2, 0) is 11.2 Å². The number of carbonyl (C=O) groups excluding carboxylic acids is 1. The average molecular weight is 190 g/mol. The normalized spacial score (nSPS) is 25.6. The van der Waals surface area contributed by atoms with Crippen LogP contribution in [0.3, 0.4) is 0 Å². The molecule has 0 spiro atoms. The molecule has 1 N–H and O–H groups in total. The number of hydrogen-bond acceptors (Lipinski definition) is 2. The Labute approximate surface area is 83.6 Å². The second kappa shape index (κ2) is 3.54. The molecule has 0 saturated heterocycles. The fraction of sp³-hybridized carbons (Fsp3) is 0.417. The minimum atomic E-state index is -0.600. The molecule has 0 fully saturated rings. The molecule has 0 radical (unpaired) electrons. The molecule has 0 aliphatic heterocycles. The topological polar surface area (TPSA) is 37.3 Å². The summed E-state index contributed by atoms with van der Waals surface area (Å²) in [5.74, 6) is -0.114. The van der Waals surface area contributed by atoms with Crippen molar-refractivity contribution in [2.45, 2.75) is 25.9 Å². The number of aliphatic hydroxyl groups excluding tert-OH is 1. The SMILES string of the molecule is CC(=O)[C@H]1CCc2ccccc2[C@H]1O. The molecule has 1 aliphatic carbocycles. The Morgan fingerprint density at radius 3 is 2.86 bits per heavy atom. The Morgan fingerprint density at radius 1 is 1.43 bits per heavy atom. The third-order valence-electron chi connectivity index (χ3n) is 3.00. The molecule has 0 amide bonds. The molecule has 2 atom stereocenters. The van der Waals surface area contributed by atoms with Gasteiger partial charge in [-0.25, -0.2) is 0 Å². The number of rotatable bonds is 1. The zero-order chi connectivity index (χ0) is 10.1. The first kappa shape index (κ1) is 9.41. The van der Waals surface area contributed by atoms with Crippen molar-refractivity contribution in [3.8, 4) is 0 Å². The van der Waals surface area contributed by atoms with Crippen molar-refractivity contribution >= 4 is 5.78 Å². The van der Waals surface area contributed by atoms with Crippen LogP contribution >= 0.6 is 0 Å². The summed E-state index contributed by atoms with van der Waals surface area (Å²) >= 11 is 0. The molecule has 0 bridgehead atoms. The van der Waals surface area contributed by atoms with E-state index in [0.29, 0.717) is 0 Å². The van der Waals surface area contributed by atoms with Gasteiger partial charge in [-0.2, -0.15) is 0 Å². The van der Waals surface area contributed by atoms with E-state index in [1.54, 1.807) is 6.92 Å². The van der Waals surface area contributed by atoms with Gasteiger partial charge in [0.25, 0.3) is 0 Å². The van der Waals surface area contributed by atoms with Crippen LogP contribution in [0.15, 0.2) is 24.3 Å². The van der Waals surface area contributed by atoms with Crippen LogP contribution < -0.4 is 0 Å². The van der Waals surface area contributed by atoms with Crippen molar-refractivity contribution in [2.24, 2.45) is 5.92 Å². The first-order valence-electron chi connectivity index (χ1n) is 4.96. The molecule has 2 heteroatoms. The van der Waals surface area contributed by atoms with E-state index >= 15 is 0 Å². The van der Waals surface area contributed by atoms with Gasteiger partial charge >= 0.3 is 0 Å². The lowest BCUT2D eigenvalue weighted by molar-refractivity contribution is -0.125. The minimum Gasteiger partial charge on any atom is -0.388 e. The number of carbonyl (C=O) groups is 1. The lowest BCUT2D eigenvalue weighted by Crippen LogP contribution is -2.25. The van der Waals surface area contributed by atoms with E-state index in [0.717, 1.165) is 18.4 Å². The fourth-order valence-electron chi connectivity index (χ4n) is 2.16. The number of hydrogen-bond donors (Lipinski definition) is 1. The Bertz CT molecular complexity index is 357. The molecular weight excluding hydrogens is 176 g/mol. The molecule has 1 aliphatic rings. The second-order valence-electron chi connectivity index (χ2n) is 3.90. The van der Waals surface area contributed by atoms with Gasteiger partial charge in [-0.1, -0.05) is 24.3 Å². The molecule has 2 nitrogen and oxygen atoms in total. The van der Waals surface area contributed by atoms with Gasteiger partial charge in [-0.05, 0) is 30.9 Å². The van der Waals surface area contributed by atoms with Gasteiger partial charge in [-0.3, -0.25) is 4.79 Å². The molecule has 1 aromatic carbocycles. The highest BCUT2D eigenvalue weighted by Crippen LogP contribution is 2.34.